The van der Waals surface area contributed by atoms with Gasteiger partial charge in [-0.15, -0.1) is 0 Å². The quantitative estimate of drug-likeness (QED) is 0.713. The number of benzene rings is 1. The molecule has 1 aromatic carbocycles. The number of amides is 1. The zero-order valence-corrected chi connectivity index (χ0v) is 19.8. The molecule has 8 nitrogen and oxygen atoms in total. The van der Waals surface area contributed by atoms with Gasteiger partial charge in [0.1, 0.15) is 11.6 Å². The van der Waals surface area contributed by atoms with Crippen LogP contribution in [-0.2, 0) is 0 Å². The number of carbonyl (C=O) groups excluding carboxylic acids is 1. The van der Waals surface area contributed by atoms with E-state index in [-0.39, 0.29) is 18.0 Å². The van der Waals surface area contributed by atoms with Crippen LogP contribution in [0.1, 0.15) is 48.5 Å². The Hall–Kier alpha value is -3.13. The maximum atomic E-state index is 13.6. The van der Waals surface area contributed by atoms with Crippen LogP contribution in [0.2, 0.25) is 0 Å². The standard InChI is InChI=1S/C25H34N6O2/c1-17-8-7-10-21(23(17)33-4)25(32)30-12-6-5-9-20(30)14-22-28-24(18(2)15-31(22)27-3)29-13-11-19(26)16-29/h7-8,10,14-15,19-20H,3,5-6,9,11-13,16,26H2,1-2,4H3/b22-14-/t19-,20?/m0/s1. The number of nitrogens with two attached hydrogens (primary N) is 1. The molecule has 2 N–H and O–H groups in total. The number of hydrogen-bond acceptors (Lipinski definition) is 7. The molecule has 0 radical (unpaired) electrons. The molecule has 3 heterocycles. The number of hydrazone groups is 1. The number of methoxy groups -OCH3 is 1. The minimum atomic E-state index is -0.0895. The fourth-order valence-corrected chi connectivity index (χ4v) is 4.88. The van der Waals surface area contributed by atoms with Crippen molar-refractivity contribution in [3.63, 3.8) is 0 Å². The highest BCUT2D eigenvalue weighted by molar-refractivity contribution is 5.99. The van der Waals surface area contributed by atoms with E-state index in [0.29, 0.717) is 23.7 Å². The third-order valence-corrected chi connectivity index (χ3v) is 6.60. The highest BCUT2D eigenvalue weighted by atomic mass is 16.5. The van der Waals surface area contributed by atoms with Crippen LogP contribution in [0.15, 0.2) is 52.0 Å². The summed E-state index contributed by atoms with van der Waals surface area (Å²) >= 11 is 0. The lowest BCUT2D eigenvalue weighted by Crippen LogP contribution is -2.43. The molecule has 1 unspecified atom stereocenters. The summed E-state index contributed by atoms with van der Waals surface area (Å²) in [4.78, 5) is 22.7. The van der Waals surface area contributed by atoms with Crippen LogP contribution >= 0.6 is 0 Å². The number of rotatable bonds is 4. The van der Waals surface area contributed by atoms with Gasteiger partial charge in [0.05, 0.1) is 18.7 Å². The number of ether oxygens (including phenoxy) is 1. The minimum Gasteiger partial charge on any atom is -0.496 e. The Bertz CT molecular complexity index is 1010. The Kier molecular flexibility index (Phi) is 6.83. The molecule has 4 rings (SSSR count). The van der Waals surface area contributed by atoms with Crippen molar-refractivity contribution in [2.24, 2.45) is 15.8 Å². The van der Waals surface area contributed by atoms with Gasteiger partial charge < -0.3 is 20.3 Å². The summed E-state index contributed by atoms with van der Waals surface area (Å²) in [5.41, 5.74) is 8.70. The number of amidine groups is 1. The molecule has 0 spiro atoms. The molecule has 0 aliphatic carbocycles. The lowest BCUT2D eigenvalue weighted by molar-refractivity contribution is 0.0658. The van der Waals surface area contributed by atoms with E-state index in [9.17, 15) is 4.79 Å². The van der Waals surface area contributed by atoms with E-state index in [1.807, 2.05) is 49.2 Å². The summed E-state index contributed by atoms with van der Waals surface area (Å²) in [6.45, 7) is 10.1. The zero-order valence-electron chi connectivity index (χ0n) is 19.8. The number of nitrogens with zero attached hydrogens (tertiary/aromatic N) is 5. The third kappa shape index (κ3) is 4.66. The van der Waals surface area contributed by atoms with Gasteiger partial charge in [0, 0.05) is 44.2 Å². The second kappa shape index (κ2) is 9.79. The Morgan fingerprint density at radius 3 is 2.79 bits per heavy atom. The average Bonchev–Trinajstić information content (AvgIpc) is 3.25. The highest BCUT2D eigenvalue weighted by Crippen LogP contribution is 2.30. The summed E-state index contributed by atoms with van der Waals surface area (Å²) in [5, 5.41) is 5.85. The molecule has 1 aromatic rings. The lowest BCUT2D eigenvalue weighted by atomic mass is 9.99. The molecule has 2 atom stereocenters. The monoisotopic (exact) mass is 450 g/mol. The van der Waals surface area contributed by atoms with Crippen molar-refractivity contribution in [2.45, 2.75) is 51.6 Å². The molecule has 0 saturated carbocycles. The Labute approximate surface area is 196 Å². The van der Waals surface area contributed by atoms with Crippen molar-refractivity contribution in [3.8, 4) is 5.75 Å². The van der Waals surface area contributed by atoms with Gasteiger partial charge in [0.2, 0.25) is 0 Å². The van der Waals surface area contributed by atoms with Crippen LogP contribution < -0.4 is 10.5 Å². The predicted octanol–water partition coefficient (Wildman–Crippen LogP) is 3.11. The predicted molar refractivity (Wildman–Crippen MR) is 131 cm³/mol. The number of carbonyl (C=O) groups is 1. The van der Waals surface area contributed by atoms with E-state index in [2.05, 4.69) is 16.7 Å². The molecule has 2 saturated heterocycles. The van der Waals surface area contributed by atoms with Gasteiger partial charge in [-0.2, -0.15) is 5.10 Å². The van der Waals surface area contributed by atoms with Gasteiger partial charge >= 0.3 is 0 Å². The van der Waals surface area contributed by atoms with Crippen molar-refractivity contribution < 1.29 is 9.53 Å². The molecule has 176 valence electrons. The van der Waals surface area contributed by atoms with Gasteiger partial charge in [-0.1, -0.05) is 12.1 Å². The van der Waals surface area contributed by atoms with Crippen LogP contribution in [0.3, 0.4) is 0 Å². The fraction of sp³-hybridized carbons (Fsp3) is 0.480. The van der Waals surface area contributed by atoms with Crippen LogP contribution in [0.4, 0.5) is 0 Å². The SMILES string of the molecule is C=NN1C=C(C)C(N2CC[C@H](N)C2)=N/C1=C/C1CCCCN1C(=O)c1cccc(C)c1OC. The number of aryl methyl sites for hydroxylation is 1. The summed E-state index contributed by atoms with van der Waals surface area (Å²) in [6.07, 6.45) is 7.85. The highest BCUT2D eigenvalue weighted by Gasteiger charge is 2.31. The van der Waals surface area contributed by atoms with E-state index >= 15 is 0 Å². The van der Waals surface area contributed by atoms with E-state index in [0.717, 1.165) is 55.7 Å². The lowest BCUT2D eigenvalue weighted by Gasteiger charge is -2.35. The Morgan fingerprint density at radius 2 is 2.09 bits per heavy atom. The van der Waals surface area contributed by atoms with Crippen molar-refractivity contribution in [1.29, 1.82) is 0 Å². The number of aliphatic imine (C=N–C) groups is 1. The molecular weight excluding hydrogens is 416 g/mol. The fourth-order valence-electron chi connectivity index (χ4n) is 4.88. The van der Waals surface area contributed by atoms with Crippen molar-refractivity contribution >= 4 is 18.5 Å². The molecule has 0 aromatic heterocycles. The normalized spacial score (nSPS) is 24.6. The maximum absolute atomic E-state index is 13.6. The second-order valence-corrected chi connectivity index (χ2v) is 8.97. The Morgan fingerprint density at radius 1 is 1.27 bits per heavy atom. The smallest absolute Gasteiger partial charge is 0.258 e. The number of piperidine rings is 1. The van der Waals surface area contributed by atoms with E-state index < -0.39 is 0 Å². The summed E-state index contributed by atoms with van der Waals surface area (Å²) in [5.74, 6) is 2.22. The zero-order chi connectivity index (χ0) is 23.5. The molecule has 8 heteroatoms. The van der Waals surface area contributed by atoms with Crippen molar-refractivity contribution in [1.82, 2.24) is 14.8 Å². The second-order valence-electron chi connectivity index (χ2n) is 8.97. The van der Waals surface area contributed by atoms with Crippen LogP contribution in [-0.4, -0.2) is 72.1 Å². The first kappa shape index (κ1) is 23.0. The minimum absolute atomic E-state index is 0.0209. The molecule has 1 amide bonds. The van der Waals surface area contributed by atoms with Crippen LogP contribution in [0.25, 0.3) is 0 Å². The third-order valence-electron chi connectivity index (χ3n) is 6.60. The van der Waals surface area contributed by atoms with Gasteiger partial charge in [0.15, 0.2) is 5.82 Å². The molecule has 3 aliphatic rings. The number of hydrogen-bond donors (Lipinski definition) is 1. The first-order valence-electron chi connectivity index (χ1n) is 11.6. The van der Waals surface area contributed by atoms with Crippen LogP contribution in [0.5, 0.6) is 5.75 Å². The van der Waals surface area contributed by atoms with Gasteiger partial charge in [0.25, 0.3) is 5.91 Å². The molecule has 0 bridgehead atoms. The van der Waals surface area contributed by atoms with E-state index in [1.54, 1.807) is 12.1 Å². The van der Waals surface area contributed by atoms with Crippen molar-refractivity contribution in [2.75, 3.05) is 26.7 Å². The summed E-state index contributed by atoms with van der Waals surface area (Å²) in [7, 11) is 1.61. The number of para-hydroxylation sites is 1. The van der Waals surface area contributed by atoms with Crippen LogP contribution in [0, 0.1) is 6.92 Å². The van der Waals surface area contributed by atoms with Crippen molar-refractivity contribution in [3.05, 3.63) is 53.0 Å². The van der Waals surface area contributed by atoms with E-state index in [1.165, 1.54) is 0 Å². The van der Waals surface area contributed by atoms with Gasteiger partial charge in [-0.05, 0) is 57.2 Å². The molecular formula is C25H34N6O2. The largest absolute Gasteiger partial charge is 0.496 e. The van der Waals surface area contributed by atoms with Gasteiger partial charge in [-0.3, -0.25) is 4.79 Å². The molecule has 33 heavy (non-hydrogen) atoms. The first-order valence-corrected chi connectivity index (χ1v) is 11.6. The summed E-state index contributed by atoms with van der Waals surface area (Å²) < 4.78 is 5.56. The number of likely N-dealkylation sites (tertiary alicyclic amines) is 2. The van der Waals surface area contributed by atoms with E-state index in [4.69, 9.17) is 15.5 Å². The Balaban J connectivity index is 1.66. The average molecular weight is 451 g/mol. The summed E-state index contributed by atoms with van der Waals surface area (Å²) in [6, 6.07) is 5.77. The molecule has 2 fully saturated rings. The topological polar surface area (TPSA) is 86.8 Å². The molecule has 3 aliphatic heterocycles. The first-order chi connectivity index (χ1) is 15.9. The van der Waals surface area contributed by atoms with Gasteiger partial charge in [-0.25, -0.2) is 10.0 Å². The maximum Gasteiger partial charge on any atom is 0.258 e.